The van der Waals surface area contributed by atoms with E-state index in [1.54, 1.807) is 0 Å². The predicted molar refractivity (Wildman–Crippen MR) is 77.6 cm³/mol. The van der Waals surface area contributed by atoms with Crippen molar-refractivity contribution in [3.63, 3.8) is 0 Å². The van der Waals surface area contributed by atoms with Gasteiger partial charge in [0.05, 0.1) is 11.3 Å². The Morgan fingerprint density at radius 2 is 2.28 bits per heavy atom. The molecule has 96 valence electrons. The van der Waals surface area contributed by atoms with Gasteiger partial charge in [0.1, 0.15) is 6.07 Å². The second-order valence-corrected chi connectivity index (χ2v) is 5.84. The summed E-state index contributed by atoms with van der Waals surface area (Å²) in [4.78, 5) is 2.41. The third-order valence-electron chi connectivity index (χ3n) is 3.51. The first-order chi connectivity index (χ1) is 8.61. The number of rotatable bonds is 5. The molecule has 2 rings (SSSR count). The summed E-state index contributed by atoms with van der Waals surface area (Å²) >= 11 is 3.38. The van der Waals surface area contributed by atoms with Gasteiger partial charge in [-0.1, -0.05) is 15.9 Å². The molecule has 0 heterocycles. The van der Waals surface area contributed by atoms with Crippen molar-refractivity contribution in [3.8, 4) is 6.07 Å². The molecule has 1 aliphatic carbocycles. The van der Waals surface area contributed by atoms with Crippen molar-refractivity contribution in [2.24, 2.45) is 0 Å². The van der Waals surface area contributed by atoms with E-state index in [0.29, 0.717) is 11.6 Å². The molecule has 1 unspecified atom stereocenters. The summed E-state index contributed by atoms with van der Waals surface area (Å²) in [5.41, 5.74) is 1.60. The average Bonchev–Trinajstić information content (AvgIpc) is 3.20. The molecule has 1 aromatic carbocycles. The second-order valence-electron chi connectivity index (χ2n) is 4.93. The van der Waals surface area contributed by atoms with E-state index in [-0.39, 0.29) is 0 Å². The van der Waals surface area contributed by atoms with E-state index >= 15 is 0 Å². The van der Waals surface area contributed by atoms with Gasteiger partial charge in [0.25, 0.3) is 0 Å². The molecule has 4 heteroatoms. The molecule has 0 saturated heterocycles. The van der Waals surface area contributed by atoms with Gasteiger partial charge in [-0.05, 0) is 45.0 Å². The molecule has 1 fully saturated rings. The first kappa shape index (κ1) is 13.4. The predicted octanol–water partition coefficient (Wildman–Crippen LogP) is 3.22. The Hall–Kier alpha value is -1.05. The molecule has 0 radical (unpaired) electrons. The molecule has 1 atom stereocenters. The summed E-state index contributed by atoms with van der Waals surface area (Å²) in [7, 11) is 2.18. The van der Waals surface area contributed by atoms with Crippen LogP contribution in [0.2, 0.25) is 0 Å². The van der Waals surface area contributed by atoms with Gasteiger partial charge in [0, 0.05) is 23.1 Å². The zero-order valence-corrected chi connectivity index (χ0v) is 12.4. The molecule has 1 N–H and O–H groups in total. The van der Waals surface area contributed by atoms with Gasteiger partial charge >= 0.3 is 0 Å². The number of hydrogen-bond donors (Lipinski definition) is 1. The normalized spacial score (nSPS) is 16.4. The number of nitriles is 1. The third kappa shape index (κ3) is 3.24. The van der Waals surface area contributed by atoms with E-state index in [1.165, 1.54) is 12.8 Å². The molecule has 1 aliphatic rings. The summed E-state index contributed by atoms with van der Waals surface area (Å²) < 4.78 is 0.938. The zero-order valence-electron chi connectivity index (χ0n) is 10.8. The number of halogens is 1. The monoisotopic (exact) mass is 307 g/mol. The van der Waals surface area contributed by atoms with Crippen LogP contribution < -0.4 is 5.32 Å². The SMILES string of the molecule is CC(CNc1ccc(Br)cc1C#N)N(C)C1CC1. The second kappa shape index (κ2) is 5.73. The summed E-state index contributed by atoms with van der Waals surface area (Å²) in [6, 6.07) is 9.22. The molecule has 0 spiro atoms. The number of likely N-dealkylation sites (N-methyl/N-ethyl adjacent to an activating group) is 1. The van der Waals surface area contributed by atoms with E-state index in [4.69, 9.17) is 5.26 Å². The Morgan fingerprint density at radius 3 is 2.89 bits per heavy atom. The van der Waals surface area contributed by atoms with Crippen LogP contribution in [-0.2, 0) is 0 Å². The highest BCUT2D eigenvalue weighted by Gasteiger charge is 2.28. The van der Waals surface area contributed by atoms with Crippen molar-refractivity contribution in [1.82, 2.24) is 4.90 Å². The van der Waals surface area contributed by atoms with Gasteiger partial charge in [0.2, 0.25) is 0 Å². The molecule has 0 aromatic heterocycles. The van der Waals surface area contributed by atoms with Crippen LogP contribution in [0.5, 0.6) is 0 Å². The van der Waals surface area contributed by atoms with Gasteiger partial charge in [-0.15, -0.1) is 0 Å². The highest BCUT2D eigenvalue weighted by molar-refractivity contribution is 9.10. The summed E-state index contributed by atoms with van der Waals surface area (Å²) in [5, 5.41) is 12.5. The average molecular weight is 308 g/mol. The number of nitrogens with zero attached hydrogens (tertiary/aromatic N) is 2. The van der Waals surface area contributed by atoms with Crippen LogP contribution in [0.3, 0.4) is 0 Å². The van der Waals surface area contributed by atoms with Gasteiger partial charge < -0.3 is 5.32 Å². The zero-order chi connectivity index (χ0) is 13.1. The van der Waals surface area contributed by atoms with Crippen molar-refractivity contribution in [3.05, 3.63) is 28.2 Å². The van der Waals surface area contributed by atoms with Crippen LogP contribution in [0.4, 0.5) is 5.69 Å². The van der Waals surface area contributed by atoms with Gasteiger partial charge in [-0.2, -0.15) is 5.26 Å². The molecule has 18 heavy (non-hydrogen) atoms. The molecule has 3 nitrogen and oxygen atoms in total. The lowest BCUT2D eigenvalue weighted by atomic mass is 10.2. The summed E-state index contributed by atoms with van der Waals surface area (Å²) in [6.07, 6.45) is 2.64. The van der Waals surface area contributed by atoms with Crippen molar-refractivity contribution in [2.45, 2.75) is 31.8 Å². The fraction of sp³-hybridized carbons (Fsp3) is 0.500. The maximum Gasteiger partial charge on any atom is 0.101 e. The van der Waals surface area contributed by atoms with Crippen LogP contribution in [0.15, 0.2) is 22.7 Å². The minimum atomic E-state index is 0.479. The van der Waals surface area contributed by atoms with Crippen molar-refractivity contribution >= 4 is 21.6 Å². The van der Waals surface area contributed by atoms with Crippen LogP contribution in [-0.4, -0.2) is 30.6 Å². The van der Waals surface area contributed by atoms with E-state index in [2.05, 4.69) is 46.2 Å². The Bertz CT molecular complexity index is 463. The molecular formula is C14H18BrN3. The van der Waals surface area contributed by atoms with E-state index in [1.807, 2.05) is 18.2 Å². The lowest BCUT2D eigenvalue weighted by Gasteiger charge is -2.25. The Kier molecular flexibility index (Phi) is 4.26. The largest absolute Gasteiger partial charge is 0.382 e. The summed E-state index contributed by atoms with van der Waals surface area (Å²) in [6.45, 7) is 3.08. The molecule has 0 aliphatic heterocycles. The number of hydrogen-bond acceptors (Lipinski definition) is 3. The smallest absolute Gasteiger partial charge is 0.101 e. The fourth-order valence-corrected chi connectivity index (χ4v) is 2.37. The Morgan fingerprint density at radius 1 is 1.56 bits per heavy atom. The molecule has 1 saturated carbocycles. The van der Waals surface area contributed by atoms with Crippen LogP contribution in [0.25, 0.3) is 0 Å². The molecule has 0 bridgehead atoms. The van der Waals surface area contributed by atoms with E-state index in [0.717, 1.165) is 22.7 Å². The topological polar surface area (TPSA) is 39.1 Å². The first-order valence-electron chi connectivity index (χ1n) is 6.27. The highest BCUT2D eigenvalue weighted by Crippen LogP contribution is 2.27. The molecule has 0 amide bonds. The minimum absolute atomic E-state index is 0.479. The highest BCUT2D eigenvalue weighted by atomic mass is 79.9. The number of benzene rings is 1. The van der Waals surface area contributed by atoms with E-state index < -0.39 is 0 Å². The fourth-order valence-electron chi connectivity index (χ4n) is 2.01. The summed E-state index contributed by atoms with van der Waals surface area (Å²) in [5.74, 6) is 0. The van der Waals surface area contributed by atoms with Crippen molar-refractivity contribution < 1.29 is 0 Å². The quantitative estimate of drug-likeness (QED) is 0.908. The van der Waals surface area contributed by atoms with Crippen LogP contribution >= 0.6 is 15.9 Å². The first-order valence-corrected chi connectivity index (χ1v) is 7.06. The van der Waals surface area contributed by atoms with Crippen molar-refractivity contribution in [2.75, 3.05) is 18.9 Å². The molecular weight excluding hydrogens is 290 g/mol. The van der Waals surface area contributed by atoms with E-state index in [9.17, 15) is 0 Å². The van der Waals surface area contributed by atoms with Gasteiger partial charge in [-0.3, -0.25) is 4.90 Å². The van der Waals surface area contributed by atoms with Gasteiger partial charge in [0.15, 0.2) is 0 Å². The van der Waals surface area contributed by atoms with Crippen LogP contribution in [0, 0.1) is 11.3 Å². The lowest BCUT2D eigenvalue weighted by Crippen LogP contribution is -2.36. The van der Waals surface area contributed by atoms with Crippen LogP contribution in [0.1, 0.15) is 25.3 Å². The number of nitrogens with one attached hydrogen (secondary N) is 1. The number of anilines is 1. The third-order valence-corrected chi connectivity index (χ3v) is 4.00. The molecule has 1 aromatic rings. The Labute approximate surface area is 117 Å². The standard InChI is InChI=1S/C14H18BrN3/c1-10(18(2)13-4-5-13)9-17-14-6-3-12(15)7-11(14)8-16/h3,6-7,10,13,17H,4-5,9H2,1-2H3. The Balaban J connectivity index is 1.95. The lowest BCUT2D eigenvalue weighted by molar-refractivity contribution is 0.257. The van der Waals surface area contributed by atoms with Crippen molar-refractivity contribution in [1.29, 1.82) is 5.26 Å². The van der Waals surface area contributed by atoms with Gasteiger partial charge in [-0.25, -0.2) is 0 Å². The minimum Gasteiger partial charge on any atom is -0.382 e. The maximum atomic E-state index is 9.09. The maximum absolute atomic E-state index is 9.09.